The molecule has 0 aliphatic rings. The summed E-state index contributed by atoms with van der Waals surface area (Å²) >= 11 is 0. The molecule has 1 unspecified atom stereocenters. The molecule has 0 aromatic rings. The zero-order valence-electron chi connectivity index (χ0n) is 11.0. The van der Waals surface area contributed by atoms with Gasteiger partial charge < -0.3 is 21.3 Å². The second kappa shape index (κ2) is 8.95. The summed E-state index contributed by atoms with van der Waals surface area (Å²) in [5, 5.41) is 5.15. The number of carbonyl (C=O) groups excluding carboxylic acids is 2. The van der Waals surface area contributed by atoms with Crippen molar-refractivity contribution in [3.05, 3.63) is 0 Å². The van der Waals surface area contributed by atoms with Crippen molar-refractivity contribution in [1.82, 2.24) is 15.5 Å². The summed E-state index contributed by atoms with van der Waals surface area (Å²) in [5.74, 6) is -0.513. The maximum Gasteiger partial charge on any atom is 0.239 e. The van der Waals surface area contributed by atoms with Crippen LogP contribution >= 0.6 is 0 Å². The van der Waals surface area contributed by atoms with Crippen molar-refractivity contribution in [3.63, 3.8) is 0 Å². The molecule has 6 heteroatoms. The van der Waals surface area contributed by atoms with E-state index >= 15 is 0 Å². The third kappa shape index (κ3) is 7.70. The molecule has 0 saturated heterocycles. The van der Waals surface area contributed by atoms with Gasteiger partial charge in [0.2, 0.25) is 11.8 Å². The van der Waals surface area contributed by atoms with E-state index in [4.69, 9.17) is 5.73 Å². The number of nitrogens with one attached hydrogen (secondary N) is 2. The van der Waals surface area contributed by atoms with E-state index in [9.17, 15) is 9.59 Å². The summed E-state index contributed by atoms with van der Waals surface area (Å²) in [4.78, 5) is 24.3. The number of hydrogen-bond acceptors (Lipinski definition) is 4. The topological polar surface area (TPSA) is 87.5 Å². The Bertz CT molecular complexity index is 246. The van der Waals surface area contributed by atoms with Gasteiger partial charge in [0.1, 0.15) is 0 Å². The molecule has 4 N–H and O–H groups in total. The van der Waals surface area contributed by atoms with Gasteiger partial charge in [-0.2, -0.15) is 0 Å². The predicted octanol–water partition coefficient (Wildman–Crippen LogP) is -1.09. The minimum atomic E-state index is -0.322. The SMILES string of the molecule is CCC(C)N(C)CCNC(=O)CNC(=O)CN. The molecule has 0 radical (unpaired) electrons. The standard InChI is InChI=1S/C11H24N4O2/c1-4-9(2)15(3)6-5-13-11(17)8-14-10(16)7-12/h9H,4-8,12H2,1-3H3,(H,13,17)(H,14,16). The van der Waals surface area contributed by atoms with Crippen LogP contribution in [0, 0.1) is 0 Å². The number of likely N-dealkylation sites (N-methyl/N-ethyl adjacent to an activating group) is 1. The van der Waals surface area contributed by atoms with Crippen LogP contribution in [0.5, 0.6) is 0 Å². The van der Waals surface area contributed by atoms with Crippen LogP contribution in [0.25, 0.3) is 0 Å². The minimum Gasteiger partial charge on any atom is -0.353 e. The Morgan fingerprint density at radius 3 is 2.47 bits per heavy atom. The van der Waals surface area contributed by atoms with Gasteiger partial charge in [0.25, 0.3) is 0 Å². The van der Waals surface area contributed by atoms with E-state index in [1.54, 1.807) is 0 Å². The monoisotopic (exact) mass is 244 g/mol. The Hall–Kier alpha value is -1.14. The molecule has 0 aliphatic heterocycles. The molecule has 0 bridgehead atoms. The smallest absolute Gasteiger partial charge is 0.239 e. The van der Waals surface area contributed by atoms with Crippen LogP contribution in [-0.2, 0) is 9.59 Å². The Morgan fingerprint density at radius 1 is 1.29 bits per heavy atom. The first-order chi connectivity index (χ1) is 8.01. The molecular formula is C11H24N4O2. The zero-order chi connectivity index (χ0) is 13.3. The molecule has 1 atom stereocenters. The second-order valence-corrected chi connectivity index (χ2v) is 4.07. The summed E-state index contributed by atoms with van der Waals surface area (Å²) in [6.07, 6.45) is 1.08. The molecule has 0 fully saturated rings. The van der Waals surface area contributed by atoms with Crippen molar-refractivity contribution in [3.8, 4) is 0 Å². The second-order valence-electron chi connectivity index (χ2n) is 4.07. The van der Waals surface area contributed by atoms with Gasteiger partial charge in [-0.1, -0.05) is 6.92 Å². The fraction of sp³-hybridized carbons (Fsp3) is 0.818. The molecule has 17 heavy (non-hydrogen) atoms. The number of hydrogen-bond donors (Lipinski definition) is 3. The Kier molecular flexibility index (Phi) is 8.35. The Balaban J connectivity index is 3.61. The van der Waals surface area contributed by atoms with Gasteiger partial charge in [-0.15, -0.1) is 0 Å². The summed E-state index contributed by atoms with van der Waals surface area (Å²) in [6, 6.07) is 0.504. The average Bonchev–Trinajstić information content (AvgIpc) is 2.34. The van der Waals surface area contributed by atoms with Crippen LogP contribution in [0.4, 0.5) is 0 Å². The first-order valence-electron chi connectivity index (χ1n) is 5.95. The van der Waals surface area contributed by atoms with Gasteiger partial charge in [-0.05, 0) is 20.4 Å². The van der Waals surface area contributed by atoms with E-state index in [0.717, 1.165) is 13.0 Å². The van der Waals surface area contributed by atoms with E-state index in [2.05, 4.69) is 29.4 Å². The molecule has 0 heterocycles. The van der Waals surface area contributed by atoms with E-state index in [-0.39, 0.29) is 24.9 Å². The molecule has 0 aromatic heterocycles. The van der Waals surface area contributed by atoms with Crippen LogP contribution in [0.2, 0.25) is 0 Å². The highest BCUT2D eigenvalue weighted by Gasteiger charge is 2.07. The van der Waals surface area contributed by atoms with Crippen molar-refractivity contribution in [2.75, 3.05) is 33.2 Å². The molecule has 0 saturated carbocycles. The van der Waals surface area contributed by atoms with Crippen molar-refractivity contribution in [1.29, 1.82) is 0 Å². The van der Waals surface area contributed by atoms with Crippen molar-refractivity contribution < 1.29 is 9.59 Å². The van der Waals surface area contributed by atoms with Crippen molar-refractivity contribution in [2.24, 2.45) is 5.73 Å². The number of nitrogens with zero attached hydrogens (tertiary/aromatic N) is 1. The van der Waals surface area contributed by atoms with Gasteiger partial charge in [0.05, 0.1) is 13.1 Å². The molecular weight excluding hydrogens is 220 g/mol. The normalized spacial score (nSPS) is 12.3. The summed E-state index contributed by atoms with van der Waals surface area (Å²) in [6.45, 7) is 5.54. The first kappa shape index (κ1) is 15.9. The van der Waals surface area contributed by atoms with Gasteiger partial charge in [0, 0.05) is 19.1 Å². The van der Waals surface area contributed by atoms with Crippen molar-refractivity contribution >= 4 is 11.8 Å². The molecule has 6 nitrogen and oxygen atoms in total. The number of carbonyl (C=O) groups is 2. The summed E-state index contributed by atoms with van der Waals surface area (Å²) in [7, 11) is 2.02. The highest BCUT2D eigenvalue weighted by atomic mass is 16.2. The van der Waals surface area contributed by atoms with Crippen LogP contribution in [0.15, 0.2) is 0 Å². The molecule has 0 aromatic carbocycles. The lowest BCUT2D eigenvalue weighted by atomic mass is 10.2. The maximum absolute atomic E-state index is 11.3. The molecule has 100 valence electrons. The van der Waals surface area contributed by atoms with Crippen LogP contribution < -0.4 is 16.4 Å². The van der Waals surface area contributed by atoms with Gasteiger partial charge >= 0.3 is 0 Å². The third-order valence-electron chi connectivity index (χ3n) is 2.76. The minimum absolute atomic E-state index is 0.0108. The first-order valence-corrected chi connectivity index (χ1v) is 5.95. The lowest BCUT2D eigenvalue weighted by Crippen LogP contribution is -2.42. The van der Waals surface area contributed by atoms with E-state index in [0.29, 0.717) is 12.6 Å². The van der Waals surface area contributed by atoms with Crippen LogP contribution in [0.1, 0.15) is 20.3 Å². The van der Waals surface area contributed by atoms with Gasteiger partial charge in [-0.3, -0.25) is 9.59 Å². The van der Waals surface area contributed by atoms with Gasteiger partial charge in [-0.25, -0.2) is 0 Å². The molecule has 0 rings (SSSR count). The summed E-state index contributed by atoms with van der Waals surface area (Å²) in [5.41, 5.74) is 5.10. The quantitative estimate of drug-likeness (QED) is 0.506. The van der Waals surface area contributed by atoms with Crippen LogP contribution in [0.3, 0.4) is 0 Å². The molecule has 2 amide bonds. The van der Waals surface area contributed by atoms with E-state index in [1.807, 2.05) is 7.05 Å². The third-order valence-corrected chi connectivity index (χ3v) is 2.76. The number of nitrogens with two attached hydrogens (primary N) is 1. The van der Waals surface area contributed by atoms with E-state index < -0.39 is 0 Å². The number of amides is 2. The van der Waals surface area contributed by atoms with Crippen molar-refractivity contribution in [2.45, 2.75) is 26.3 Å². The predicted molar refractivity (Wildman–Crippen MR) is 67.5 cm³/mol. The fourth-order valence-electron chi connectivity index (χ4n) is 1.22. The van der Waals surface area contributed by atoms with Crippen LogP contribution in [-0.4, -0.2) is 56.0 Å². The lowest BCUT2D eigenvalue weighted by Gasteiger charge is -2.23. The fourth-order valence-corrected chi connectivity index (χ4v) is 1.22. The average molecular weight is 244 g/mol. The summed E-state index contributed by atoms with van der Waals surface area (Å²) < 4.78 is 0. The highest BCUT2D eigenvalue weighted by molar-refractivity contribution is 5.85. The maximum atomic E-state index is 11.3. The number of rotatable bonds is 8. The Labute approximate surface area is 103 Å². The largest absolute Gasteiger partial charge is 0.353 e. The molecule has 0 spiro atoms. The molecule has 0 aliphatic carbocycles. The van der Waals surface area contributed by atoms with E-state index in [1.165, 1.54) is 0 Å². The Morgan fingerprint density at radius 2 is 1.94 bits per heavy atom. The van der Waals surface area contributed by atoms with Gasteiger partial charge in [0.15, 0.2) is 0 Å². The highest BCUT2D eigenvalue weighted by Crippen LogP contribution is 1.97. The lowest BCUT2D eigenvalue weighted by molar-refractivity contribution is -0.125. The zero-order valence-corrected chi connectivity index (χ0v) is 11.0.